The van der Waals surface area contributed by atoms with E-state index in [1.54, 1.807) is 23.6 Å². The molecule has 1 aliphatic rings. The molecule has 0 radical (unpaired) electrons. The minimum Gasteiger partial charge on any atom is -0.497 e. The highest BCUT2D eigenvalue weighted by molar-refractivity contribution is 5.94. The smallest absolute Gasteiger partial charge is 0.310 e. The van der Waals surface area contributed by atoms with Crippen molar-refractivity contribution >= 4 is 11.9 Å². The zero-order valence-corrected chi connectivity index (χ0v) is 18.7. The van der Waals surface area contributed by atoms with Gasteiger partial charge in [-0.25, -0.2) is 4.68 Å². The molecule has 2 aromatic heterocycles. The van der Waals surface area contributed by atoms with Crippen LogP contribution in [0.3, 0.4) is 0 Å². The largest absolute Gasteiger partial charge is 0.497 e. The van der Waals surface area contributed by atoms with Crippen molar-refractivity contribution < 1.29 is 19.1 Å². The van der Waals surface area contributed by atoms with E-state index < -0.39 is 0 Å². The number of aryl methyl sites for hydroxylation is 1. The molecule has 1 atom stereocenters. The SMILES string of the molecule is CCOC(=O)C1CCCN(C(=O)c2cc(-c3cccn3C)nn2-c2ccc(OC)cc2)C1. The lowest BCUT2D eigenvalue weighted by Gasteiger charge is -2.31. The molecule has 0 N–H and O–H groups in total. The van der Waals surface area contributed by atoms with Gasteiger partial charge in [-0.1, -0.05) is 0 Å². The van der Waals surface area contributed by atoms with Crippen molar-refractivity contribution in [2.24, 2.45) is 13.0 Å². The van der Waals surface area contributed by atoms with Crippen LogP contribution in [0.25, 0.3) is 17.1 Å². The summed E-state index contributed by atoms with van der Waals surface area (Å²) in [7, 11) is 3.56. The molecule has 0 saturated carbocycles. The fourth-order valence-electron chi connectivity index (χ4n) is 4.08. The highest BCUT2D eigenvalue weighted by atomic mass is 16.5. The number of esters is 1. The molecule has 8 heteroatoms. The lowest BCUT2D eigenvalue weighted by Crippen LogP contribution is -2.43. The van der Waals surface area contributed by atoms with Gasteiger partial charge in [-0.2, -0.15) is 5.10 Å². The minimum atomic E-state index is -0.294. The monoisotopic (exact) mass is 436 g/mol. The fraction of sp³-hybridized carbons (Fsp3) is 0.375. The Kier molecular flexibility index (Phi) is 6.30. The third-order valence-electron chi connectivity index (χ3n) is 5.78. The van der Waals surface area contributed by atoms with Crippen LogP contribution in [0.2, 0.25) is 0 Å². The summed E-state index contributed by atoms with van der Waals surface area (Å²) in [4.78, 5) is 27.6. The molecular formula is C24H28N4O4. The first-order valence-corrected chi connectivity index (χ1v) is 10.8. The Bertz CT molecular complexity index is 1100. The Hall–Kier alpha value is -3.55. The van der Waals surface area contributed by atoms with Crippen molar-refractivity contribution in [3.05, 3.63) is 54.4 Å². The molecule has 0 spiro atoms. The molecule has 4 rings (SSSR count). The van der Waals surface area contributed by atoms with Crippen LogP contribution in [-0.2, 0) is 16.6 Å². The van der Waals surface area contributed by atoms with Crippen LogP contribution in [0.1, 0.15) is 30.3 Å². The van der Waals surface area contributed by atoms with E-state index in [-0.39, 0.29) is 17.8 Å². The van der Waals surface area contributed by atoms with E-state index in [4.69, 9.17) is 14.6 Å². The lowest BCUT2D eigenvalue weighted by molar-refractivity contribution is -0.149. The minimum absolute atomic E-state index is 0.150. The molecule has 1 fully saturated rings. The van der Waals surface area contributed by atoms with E-state index in [1.807, 2.05) is 60.3 Å². The third-order valence-corrected chi connectivity index (χ3v) is 5.78. The number of hydrogen-bond acceptors (Lipinski definition) is 5. The topological polar surface area (TPSA) is 78.6 Å². The fourth-order valence-corrected chi connectivity index (χ4v) is 4.08. The van der Waals surface area contributed by atoms with E-state index in [9.17, 15) is 9.59 Å². The molecule has 3 heterocycles. The number of likely N-dealkylation sites (tertiary alicyclic amines) is 1. The molecular weight excluding hydrogens is 408 g/mol. The van der Waals surface area contributed by atoms with Gasteiger partial charge in [0.25, 0.3) is 5.91 Å². The maximum Gasteiger partial charge on any atom is 0.310 e. The lowest BCUT2D eigenvalue weighted by atomic mass is 9.98. The number of carbonyl (C=O) groups excluding carboxylic acids is 2. The molecule has 32 heavy (non-hydrogen) atoms. The van der Waals surface area contributed by atoms with Crippen molar-refractivity contribution in [3.8, 4) is 22.8 Å². The van der Waals surface area contributed by atoms with Gasteiger partial charge >= 0.3 is 5.97 Å². The number of ether oxygens (including phenoxy) is 2. The van der Waals surface area contributed by atoms with Gasteiger partial charge in [-0.15, -0.1) is 0 Å². The molecule has 3 aromatic rings. The summed E-state index contributed by atoms with van der Waals surface area (Å²) in [6.45, 7) is 3.09. The van der Waals surface area contributed by atoms with Crippen LogP contribution < -0.4 is 4.74 Å². The first kappa shape index (κ1) is 21.7. The standard InChI is InChI=1S/C24H28N4O4/c1-4-32-24(30)17-7-5-14-27(16-17)23(29)22-15-20(21-8-6-13-26(21)2)25-28(22)18-9-11-19(31-3)12-10-18/h6,8-13,15,17H,4-5,7,14,16H2,1-3H3. The van der Waals surface area contributed by atoms with Crippen LogP contribution in [0.15, 0.2) is 48.7 Å². The van der Waals surface area contributed by atoms with Gasteiger partial charge < -0.3 is 18.9 Å². The number of piperidine rings is 1. The molecule has 1 saturated heterocycles. The van der Waals surface area contributed by atoms with Crippen LogP contribution in [0.5, 0.6) is 5.75 Å². The molecule has 0 bridgehead atoms. The van der Waals surface area contributed by atoms with E-state index in [0.717, 1.165) is 30.0 Å². The van der Waals surface area contributed by atoms with Crippen molar-refractivity contribution in [2.75, 3.05) is 26.8 Å². The predicted molar refractivity (Wildman–Crippen MR) is 120 cm³/mol. The van der Waals surface area contributed by atoms with Crippen molar-refractivity contribution in [3.63, 3.8) is 0 Å². The summed E-state index contributed by atoms with van der Waals surface area (Å²) < 4.78 is 14.1. The number of nitrogens with zero attached hydrogens (tertiary/aromatic N) is 4. The summed E-state index contributed by atoms with van der Waals surface area (Å²) in [5, 5.41) is 4.75. The highest BCUT2D eigenvalue weighted by Crippen LogP contribution is 2.26. The van der Waals surface area contributed by atoms with Crippen molar-refractivity contribution in [1.82, 2.24) is 19.2 Å². The summed E-state index contributed by atoms with van der Waals surface area (Å²) in [6.07, 6.45) is 3.43. The van der Waals surface area contributed by atoms with Gasteiger partial charge in [0.1, 0.15) is 17.1 Å². The third kappa shape index (κ3) is 4.26. The maximum absolute atomic E-state index is 13.6. The average Bonchev–Trinajstić information content (AvgIpc) is 3.45. The quantitative estimate of drug-likeness (QED) is 0.554. The number of methoxy groups -OCH3 is 1. The normalized spacial score (nSPS) is 16.1. The van der Waals surface area contributed by atoms with Crippen LogP contribution in [-0.4, -0.2) is 57.9 Å². The Labute approximate surface area is 187 Å². The first-order chi connectivity index (χ1) is 15.5. The van der Waals surface area contributed by atoms with Gasteiger partial charge in [0.05, 0.1) is 31.0 Å². The molecule has 1 aliphatic heterocycles. The molecule has 168 valence electrons. The summed E-state index contributed by atoms with van der Waals surface area (Å²) in [6, 6.07) is 13.1. The first-order valence-electron chi connectivity index (χ1n) is 10.8. The van der Waals surface area contributed by atoms with Crippen molar-refractivity contribution in [1.29, 1.82) is 0 Å². The van der Waals surface area contributed by atoms with E-state index in [0.29, 0.717) is 31.1 Å². The Morgan fingerprint density at radius 3 is 2.62 bits per heavy atom. The summed E-state index contributed by atoms with van der Waals surface area (Å²) >= 11 is 0. The van der Waals surface area contributed by atoms with Crippen molar-refractivity contribution in [2.45, 2.75) is 19.8 Å². The number of aromatic nitrogens is 3. The van der Waals surface area contributed by atoms with Gasteiger partial charge in [-0.05, 0) is 62.2 Å². The second kappa shape index (κ2) is 9.30. The second-order valence-electron chi connectivity index (χ2n) is 7.87. The number of benzene rings is 1. The molecule has 8 nitrogen and oxygen atoms in total. The van der Waals surface area contributed by atoms with E-state index >= 15 is 0 Å². The number of hydrogen-bond donors (Lipinski definition) is 0. The van der Waals surface area contributed by atoms with Crippen LogP contribution in [0, 0.1) is 5.92 Å². The van der Waals surface area contributed by atoms with Gasteiger partial charge in [0, 0.05) is 26.3 Å². The zero-order chi connectivity index (χ0) is 22.7. The average molecular weight is 437 g/mol. The highest BCUT2D eigenvalue weighted by Gasteiger charge is 2.31. The van der Waals surface area contributed by atoms with Gasteiger partial charge in [0.2, 0.25) is 0 Å². The predicted octanol–water partition coefficient (Wildman–Crippen LogP) is 3.30. The number of rotatable bonds is 6. The van der Waals surface area contributed by atoms with E-state index in [1.165, 1.54) is 0 Å². The zero-order valence-electron chi connectivity index (χ0n) is 18.7. The Morgan fingerprint density at radius 2 is 1.97 bits per heavy atom. The number of carbonyl (C=O) groups is 2. The summed E-state index contributed by atoms with van der Waals surface area (Å²) in [5.74, 6) is 0.0445. The molecule has 1 aromatic carbocycles. The van der Waals surface area contributed by atoms with Crippen LogP contribution >= 0.6 is 0 Å². The second-order valence-corrected chi connectivity index (χ2v) is 7.87. The van der Waals surface area contributed by atoms with Gasteiger partial charge in [0.15, 0.2) is 0 Å². The molecule has 1 unspecified atom stereocenters. The molecule has 0 aliphatic carbocycles. The Balaban J connectivity index is 1.69. The van der Waals surface area contributed by atoms with E-state index in [2.05, 4.69) is 0 Å². The number of amides is 1. The summed E-state index contributed by atoms with van der Waals surface area (Å²) in [5.41, 5.74) is 2.83. The Morgan fingerprint density at radius 1 is 1.19 bits per heavy atom. The maximum atomic E-state index is 13.6. The molecule has 1 amide bonds. The van der Waals surface area contributed by atoms with Crippen LogP contribution in [0.4, 0.5) is 0 Å². The van der Waals surface area contributed by atoms with Gasteiger partial charge in [-0.3, -0.25) is 9.59 Å².